The Morgan fingerprint density at radius 1 is 0.971 bits per heavy atom. The number of carbonyl (C=O) groups excluding carboxylic acids is 2. The maximum atomic E-state index is 12.9. The molecule has 1 amide bonds. The minimum Gasteiger partial charge on any atom is -0.496 e. The molecule has 0 saturated carbocycles. The summed E-state index contributed by atoms with van der Waals surface area (Å²) in [4.78, 5) is 24.4. The van der Waals surface area contributed by atoms with Crippen molar-refractivity contribution in [1.29, 1.82) is 0 Å². The van der Waals surface area contributed by atoms with Crippen LogP contribution in [0.15, 0.2) is 78.0 Å². The van der Waals surface area contributed by atoms with Crippen molar-refractivity contribution in [3.63, 3.8) is 0 Å². The molecule has 1 heterocycles. The number of hydrogen-bond acceptors (Lipinski definition) is 6. The standard InChI is InChI=1S/C27H26N4O3S/c1-17-9-15-22(16-10-17)31-25(23-7-5-6-8-24(23)34-4)29-30-27(31)35-19(3)26(33)28-21-13-11-20(12-14-21)18(2)32/h5-16,19H,1-4H3,(H,28,33). The number of thioether (sulfide) groups is 1. The summed E-state index contributed by atoms with van der Waals surface area (Å²) < 4.78 is 7.49. The van der Waals surface area contributed by atoms with Crippen molar-refractivity contribution in [3.8, 4) is 22.8 Å². The largest absolute Gasteiger partial charge is 0.496 e. The molecule has 3 aromatic carbocycles. The Morgan fingerprint density at radius 2 is 1.66 bits per heavy atom. The lowest BCUT2D eigenvalue weighted by Crippen LogP contribution is -2.23. The predicted octanol–water partition coefficient (Wildman–Crippen LogP) is 5.57. The first-order valence-corrected chi connectivity index (χ1v) is 12.0. The summed E-state index contributed by atoms with van der Waals surface area (Å²) in [6.45, 7) is 5.36. The van der Waals surface area contributed by atoms with Gasteiger partial charge < -0.3 is 10.1 Å². The van der Waals surface area contributed by atoms with E-state index in [-0.39, 0.29) is 11.7 Å². The minimum atomic E-state index is -0.457. The number of hydrogen-bond donors (Lipinski definition) is 1. The SMILES string of the molecule is COc1ccccc1-c1nnc(SC(C)C(=O)Nc2ccc(C(C)=O)cc2)n1-c1ccc(C)cc1. The number of amides is 1. The number of methoxy groups -OCH3 is 1. The zero-order valence-corrected chi connectivity index (χ0v) is 20.8. The van der Waals surface area contributed by atoms with Gasteiger partial charge in [-0.3, -0.25) is 14.2 Å². The van der Waals surface area contributed by atoms with E-state index in [1.54, 1.807) is 31.4 Å². The number of nitrogens with zero attached hydrogens (tertiary/aromatic N) is 3. The molecule has 4 aromatic rings. The smallest absolute Gasteiger partial charge is 0.237 e. The molecule has 1 N–H and O–H groups in total. The minimum absolute atomic E-state index is 0.0203. The molecule has 7 nitrogen and oxygen atoms in total. The summed E-state index contributed by atoms with van der Waals surface area (Å²) in [5, 5.41) is 11.9. The van der Waals surface area contributed by atoms with Crippen LogP contribution in [0, 0.1) is 6.92 Å². The van der Waals surface area contributed by atoms with Gasteiger partial charge >= 0.3 is 0 Å². The molecular formula is C27H26N4O3S. The van der Waals surface area contributed by atoms with Crippen molar-refractivity contribution in [2.24, 2.45) is 0 Å². The lowest BCUT2D eigenvalue weighted by Gasteiger charge is -2.15. The molecule has 1 unspecified atom stereocenters. The van der Waals surface area contributed by atoms with Gasteiger partial charge in [-0.2, -0.15) is 0 Å². The first-order chi connectivity index (χ1) is 16.9. The van der Waals surface area contributed by atoms with Gasteiger partial charge in [0, 0.05) is 16.9 Å². The average Bonchev–Trinajstić information content (AvgIpc) is 3.27. The van der Waals surface area contributed by atoms with E-state index in [1.807, 2.05) is 66.9 Å². The van der Waals surface area contributed by atoms with Gasteiger partial charge in [0.2, 0.25) is 5.91 Å². The van der Waals surface area contributed by atoms with Crippen LogP contribution in [0.4, 0.5) is 5.69 Å². The molecule has 0 bridgehead atoms. The van der Waals surface area contributed by atoms with Gasteiger partial charge in [-0.15, -0.1) is 10.2 Å². The zero-order chi connectivity index (χ0) is 24.9. The summed E-state index contributed by atoms with van der Waals surface area (Å²) in [6, 6.07) is 22.5. The summed E-state index contributed by atoms with van der Waals surface area (Å²) in [6.07, 6.45) is 0. The highest BCUT2D eigenvalue weighted by molar-refractivity contribution is 8.00. The molecule has 0 aliphatic rings. The molecule has 4 rings (SSSR count). The van der Waals surface area contributed by atoms with Crippen molar-refractivity contribution >= 4 is 29.1 Å². The second-order valence-corrected chi connectivity index (χ2v) is 9.37. The molecule has 178 valence electrons. The number of aromatic nitrogens is 3. The fourth-order valence-electron chi connectivity index (χ4n) is 3.52. The van der Waals surface area contributed by atoms with E-state index in [1.165, 1.54) is 18.7 Å². The van der Waals surface area contributed by atoms with E-state index in [9.17, 15) is 9.59 Å². The lowest BCUT2D eigenvalue weighted by atomic mass is 10.1. The van der Waals surface area contributed by atoms with Crippen molar-refractivity contribution in [2.45, 2.75) is 31.2 Å². The van der Waals surface area contributed by atoms with Crippen LogP contribution < -0.4 is 10.1 Å². The predicted molar refractivity (Wildman–Crippen MR) is 138 cm³/mol. The average molecular weight is 487 g/mol. The maximum Gasteiger partial charge on any atom is 0.237 e. The number of anilines is 1. The van der Waals surface area contributed by atoms with E-state index in [0.29, 0.717) is 28.0 Å². The molecular weight excluding hydrogens is 460 g/mol. The number of nitrogens with one attached hydrogen (secondary N) is 1. The third-order valence-electron chi connectivity index (χ3n) is 5.48. The third kappa shape index (κ3) is 5.44. The molecule has 35 heavy (non-hydrogen) atoms. The van der Waals surface area contributed by atoms with Crippen molar-refractivity contribution < 1.29 is 14.3 Å². The Bertz CT molecular complexity index is 1350. The molecule has 1 atom stereocenters. The van der Waals surface area contributed by atoms with E-state index < -0.39 is 5.25 Å². The monoisotopic (exact) mass is 486 g/mol. The molecule has 0 radical (unpaired) electrons. The second-order valence-electron chi connectivity index (χ2n) is 8.06. The Labute approximate surface area is 208 Å². The van der Waals surface area contributed by atoms with Gasteiger partial charge in [-0.1, -0.05) is 41.6 Å². The normalized spacial score (nSPS) is 11.7. The molecule has 0 aliphatic carbocycles. The Kier molecular flexibility index (Phi) is 7.31. The van der Waals surface area contributed by atoms with Gasteiger partial charge in [-0.25, -0.2) is 0 Å². The highest BCUT2D eigenvalue weighted by Crippen LogP contribution is 2.34. The number of aryl methyl sites for hydroxylation is 1. The second kappa shape index (κ2) is 10.6. The molecule has 0 fully saturated rings. The Balaban J connectivity index is 1.63. The van der Waals surface area contributed by atoms with E-state index in [0.717, 1.165) is 16.8 Å². The van der Waals surface area contributed by atoms with Crippen LogP contribution in [0.5, 0.6) is 5.75 Å². The number of benzene rings is 3. The molecule has 1 aromatic heterocycles. The number of rotatable bonds is 8. The van der Waals surface area contributed by atoms with Crippen LogP contribution in [0.25, 0.3) is 17.1 Å². The van der Waals surface area contributed by atoms with E-state index in [4.69, 9.17) is 4.74 Å². The van der Waals surface area contributed by atoms with Crippen LogP contribution in [0.2, 0.25) is 0 Å². The summed E-state index contributed by atoms with van der Waals surface area (Å²) in [7, 11) is 1.62. The van der Waals surface area contributed by atoms with Crippen molar-refractivity contribution in [3.05, 3.63) is 83.9 Å². The van der Waals surface area contributed by atoms with Crippen LogP contribution in [-0.4, -0.2) is 38.8 Å². The maximum absolute atomic E-state index is 12.9. The van der Waals surface area contributed by atoms with Gasteiger partial charge in [-0.05, 0) is 69.3 Å². The van der Waals surface area contributed by atoms with E-state index in [2.05, 4.69) is 15.5 Å². The lowest BCUT2D eigenvalue weighted by molar-refractivity contribution is -0.115. The zero-order valence-electron chi connectivity index (χ0n) is 20.0. The summed E-state index contributed by atoms with van der Waals surface area (Å²) in [5.74, 6) is 1.11. The molecule has 8 heteroatoms. The van der Waals surface area contributed by atoms with Crippen molar-refractivity contribution in [2.75, 3.05) is 12.4 Å². The summed E-state index contributed by atoms with van der Waals surface area (Å²) in [5.41, 5.74) is 4.05. The van der Waals surface area contributed by atoms with Crippen LogP contribution in [-0.2, 0) is 4.79 Å². The van der Waals surface area contributed by atoms with Gasteiger partial charge in [0.1, 0.15) is 5.75 Å². The van der Waals surface area contributed by atoms with Crippen LogP contribution in [0.1, 0.15) is 29.8 Å². The quantitative estimate of drug-likeness (QED) is 0.259. The van der Waals surface area contributed by atoms with E-state index >= 15 is 0 Å². The number of Topliss-reactive ketones (excluding diaryl/α,β-unsaturated/α-hetero) is 1. The molecule has 0 aliphatic heterocycles. The topological polar surface area (TPSA) is 86.1 Å². The Morgan fingerprint density at radius 3 is 2.31 bits per heavy atom. The van der Waals surface area contributed by atoms with Gasteiger partial charge in [0.05, 0.1) is 17.9 Å². The molecule has 0 spiro atoms. The number of ketones is 1. The highest BCUT2D eigenvalue weighted by Gasteiger charge is 2.23. The number of ether oxygens (including phenoxy) is 1. The number of carbonyl (C=O) groups is 2. The van der Waals surface area contributed by atoms with Gasteiger partial charge in [0.15, 0.2) is 16.8 Å². The highest BCUT2D eigenvalue weighted by atomic mass is 32.2. The fraction of sp³-hybridized carbons (Fsp3) is 0.185. The van der Waals surface area contributed by atoms with Crippen LogP contribution >= 0.6 is 11.8 Å². The fourth-order valence-corrected chi connectivity index (χ4v) is 4.39. The van der Waals surface area contributed by atoms with Gasteiger partial charge in [0.25, 0.3) is 0 Å². The Hall–Kier alpha value is -3.91. The van der Waals surface area contributed by atoms with Crippen LogP contribution in [0.3, 0.4) is 0 Å². The van der Waals surface area contributed by atoms with Crippen molar-refractivity contribution in [1.82, 2.24) is 14.8 Å². The number of para-hydroxylation sites is 1. The summed E-state index contributed by atoms with van der Waals surface area (Å²) >= 11 is 1.32. The molecule has 0 saturated heterocycles. The first-order valence-electron chi connectivity index (χ1n) is 11.1. The first kappa shape index (κ1) is 24.2. The third-order valence-corrected chi connectivity index (χ3v) is 6.53.